The lowest BCUT2D eigenvalue weighted by Crippen LogP contribution is -1.97. The van der Waals surface area contributed by atoms with E-state index in [4.69, 9.17) is 0 Å². The van der Waals surface area contributed by atoms with Crippen molar-refractivity contribution in [2.24, 2.45) is 0 Å². The highest BCUT2D eigenvalue weighted by Crippen LogP contribution is 2.10. The zero-order chi connectivity index (χ0) is 9.14. The molecule has 0 saturated carbocycles. The van der Waals surface area contributed by atoms with Crippen LogP contribution in [0.25, 0.3) is 0 Å². The second-order valence-electron chi connectivity index (χ2n) is 2.21. The molecule has 0 aromatic carbocycles. The Labute approximate surface area is 68.2 Å². The average molecular weight is 166 g/mol. The molecule has 1 aromatic heterocycles. The zero-order valence-electron chi connectivity index (χ0n) is 6.35. The highest BCUT2D eigenvalue weighted by Gasteiger charge is 2.08. The maximum atomic E-state index is 10.7. The molecule has 0 aliphatic heterocycles. The first-order valence-corrected chi connectivity index (χ1v) is 3.22. The number of carbonyl (C=O) groups excluding carboxylic acids is 1. The van der Waals surface area contributed by atoms with E-state index in [2.05, 4.69) is 4.98 Å². The molecule has 62 valence electrons. The molecule has 12 heavy (non-hydrogen) atoms. The maximum absolute atomic E-state index is 10.7. The molecule has 0 unspecified atom stereocenters. The van der Waals surface area contributed by atoms with Gasteiger partial charge in [-0.05, 0) is 0 Å². The third kappa shape index (κ3) is 1.63. The van der Waals surface area contributed by atoms with Crippen molar-refractivity contribution in [3.63, 3.8) is 0 Å². The normalized spacial score (nSPS) is 9.42. The molecule has 0 aliphatic rings. The van der Waals surface area contributed by atoms with Crippen molar-refractivity contribution >= 4 is 11.5 Å². The number of Topliss-reactive ketones (excluding diaryl/α,β-unsaturated/α-hetero) is 1. The molecule has 1 rings (SSSR count). The summed E-state index contributed by atoms with van der Waals surface area (Å²) in [6, 6.07) is 2.40. The van der Waals surface area contributed by atoms with Crippen LogP contribution in [-0.2, 0) is 0 Å². The van der Waals surface area contributed by atoms with Gasteiger partial charge in [0.1, 0.15) is 5.69 Å². The molecular formula is C7H6N2O3. The SMILES string of the molecule is CC(=O)c1cc([N+](=O)[O-])ccn1. The number of rotatable bonds is 2. The minimum absolute atomic E-state index is 0.115. The third-order valence-electron chi connectivity index (χ3n) is 1.32. The van der Waals surface area contributed by atoms with Crippen molar-refractivity contribution in [1.29, 1.82) is 0 Å². The predicted octanol–water partition coefficient (Wildman–Crippen LogP) is 1.19. The van der Waals surface area contributed by atoms with E-state index >= 15 is 0 Å². The van der Waals surface area contributed by atoms with Crippen LogP contribution >= 0.6 is 0 Å². The summed E-state index contributed by atoms with van der Waals surface area (Å²) in [6.07, 6.45) is 1.24. The van der Waals surface area contributed by atoms with Crippen molar-refractivity contribution in [2.45, 2.75) is 6.92 Å². The first-order chi connectivity index (χ1) is 5.61. The molecule has 0 fully saturated rings. The maximum Gasteiger partial charge on any atom is 0.273 e. The van der Waals surface area contributed by atoms with Crippen LogP contribution in [0.3, 0.4) is 0 Å². The van der Waals surface area contributed by atoms with Gasteiger partial charge in [-0.2, -0.15) is 0 Å². The first kappa shape index (κ1) is 8.32. The Morgan fingerprint density at radius 1 is 1.67 bits per heavy atom. The van der Waals surface area contributed by atoms with Gasteiger partial charge in [-0.1, -0.05) is 0 Å². The standard InChI is InChI=1S/C7H6N2O3/c1-5(10)7-4-6(9(11)12)2-3-8-7/h2-4H,1H3. The molecule has 0 amide bonds. The lowest BCUT2D eigenvalue weighted by atomic mass is 10.2. The van der Waals surface area contributed by atoms with Crippen LogP contribution in [-0.4, -0.2) is 15.7 Å². The van der Waals surface area contributed by atoms with E-state index in [9.17, 15) is 14.9 Å². The Kier molecular flexibility index (Phi) is 2.14. The lowest BCUT2D eigenvalue weighted by molar-refractivity contribution is -0.385. The Hall–Kier alpha value is -1.78. The molecule has 5 nitrogen and oxygen atoms in total. The largest absolute Gasteiger partial charge is 0.293 e. The number of hydrogen-bond acceptors (Lipinski definition) is 4. The number of carbonyl (C=O) groups is 1. The second kappa shape index (κ2) is 3.08. The van der Waals surface area contributed by atoms with Crippen molar-refractivity contribution in [3.05, 3.63) is 34.1 Å². The Morgan fingerprint density at radius 2 is 2.33 bits per heavy atom. The Morgan fingerprint density at radius 3 is 2.83 bits per heavy atom. The quantitative estimate of drug-likeness (QED) is 0.375. The minimum atomic E-state index is -0.561. The van der Waals surface area contributed by atoms with Crippen LogP contribution in [0, 0.1) is 10.1 Å². The summed E-state index contributed by atoms with van der Waals surface area (Å²) >= 11 is 0. The van der Waals surface area contributed by atoms with Crippen molar-refractivity contribution < 1.29 is 9.72 Å². The monoisotopic (exact) mass is 166 g/mol. The number of ketones is 1. The van der Waals surface area contributed by atoms with Crippen LogP contribution in [0.1, 0.15) is 17.4 Å². The van der Waals surface area contributed by atoms with Gasteiger partial charge in [0, 0.05) is 25.3 Å². The van der Waals surface area contributed by atoms with Gasteiger partial charge in [0.15, 0.2) is 5.78 Å². The molecule has 0 aliphatic carbocycles. The number of aromatic nitrogens is 1. The summed E-state index contributed by atoms with van der Waals surface area (Å²) in [5.74, 6) is -0.279. The highest BCUT2D eigenvalue weighted by atomic mass is 16.6. The summed E-state index contributed by atoms with van der Waals surface area (Å²) in [5.41, 5.74) is -0.000556. The van der Waals surface area contributed by atoms with Crippen molar-refractivity contribution in [3.8, 4) is 0 Å². The smallest absolute Gasteiger partial charge is 0.273 e. The molecule has 0 bridgehead atoms. The molecule has 0 spiro atoms. The van der Waals surface area contributed by atoms with Gasteiger partial charge in [0.2, 0.25) is 0 Å². The number of nitrogens with zero attached hydrogens (tertiary/aromatic N) is 2. The highest BCUT2D eigenvalue weighted by molar-refractivity contribution is 5.92. The molecule has 0 N–H and O–H groups in total. The van der Waals surface area contributed by atoms with Gasteiger partial charge >= 0.3 is 0 Å². The zero-order valence-corrected chi connectivity index (χ0v) is 6.35. The fourth-order valence-electron chi connectivity index (χ4n) is 0.725. The molecule has 1 aromatic rings. The van der Waals surface area contributed by atoms with Crippen molar-refractivity contribution in [1.82, 2.24) is 4.98 Å². The number of pyridine rings is 1. The number of hydrogen-bond donors (Lipinski definition) is 0. The lowest BCUT2D eigenvalue weighted by Gasteiger charge is -1.93. The van der Waals surface area contributed by atoms with Gasteiger partial charge in [-0.25, -0.2) is 0 Å². The van der Waals surface area contributed by atoms with Gasteiger partial charge in [-0.15, -0.1) is 0 Å². The molecule has 0 saturated heterocycles. The van der Waals surface area contributed by atoms with Crippen LogP contribution in [0.4, 0.5) is 5.69 Å². The van der Waals surface area contributed by atoms with E-state index in [1.165, 1.54) is 19.2 Å². The topological polar surface area (TPSA) is 73.1 Å². The molecule has 0 radical (unpaired) electrons. The van der Waals surface area contributed by atoms with E-state index < -0.39 is 4.92 Å². The summed E-state index contributed by atoms with van der Waals surface area (Å²) in [5, 5.41) is 10.2. The van der Waals surface area contributed by atoms with E-state index in [1.807, 2.05) is 0 Å². The van der Waals surface area contributed by atoms with Crippen LogP contribution in [0.2, 0.25) is 0 Å². The van der Waals surface area contributed by atoms with Gasteiger partial charge in [-0.3, -0.25) is 19.9 Å². The van der Waals surface area contributed by atoms with E-state index in [0.717, 1.165) is 6.07 Å². The Balaban J connectivity index is 3.12. The number of nitro groups is 1. The molecule has 5 heteroatoms. The fraction of sp³-hybridized carbons (Fsp3) is 0.143. The summed E-state index contributed by atoms with van der Waals surface area (Å²) in [7, 11) is 0. The van der Waals surface area contributed by atoms with Gasteiger partial charge in [0.05, 0.1) is 4.92 Å². The van der Waals surface area contributed by atoms with E-state index in [-0.39, 0.29) is 17.2 Å². The minimum Gasteiger partial charge on any atom is -0.293 e. The average Bonchev–Trinajstić information content (AvgIpc) is 2.04. The molecular weight excluding hydrogens is 160 g/mol. The fourth-order valence-corrected chi connectivity index (χ4v) is 0.725. The van der Waals surface area contributed by atoms with Crippen molar-refractivity contribution in [2.75, 3.05) is 0 Å². The summed E-state index contributed by atoms with van der Waals surface area (Å²) in [6.45, 7) is 1.31. The predicted molar refractivity (Wildman–Crippen MR) is 40.9 cm³/mol. The first-order valence-electron chi connectivity index (χ1n) is 3.22. The second-order valence-corrected chi connectivity index (χ2v) is 2.21. The van der Waals surface area contributed by atoms with Crippen LogP contribution in [0.15, 0.2) is 18.3 Å². The summed E-state index contributed by atoms with van der Waals surface area (Å²) < 4.78 is 0. The van der Waals surface area contributed by atoms with E-state index in [0.29, 0.717) is 0 Å². The van der Waals surface area contributed by atoms with Gasteiger partial charge < -0.3 is 0 Å². The van der Waals surface area contributed by atoms with Crippen LogP contribution < -0.4 is 0 Å². The molecule has 1 heterocycles. The van der Waals surface area contributed by atoms with Gasteiger partial charge in [0.25, 0.3) is 5.69 Å². The molecule has 0 atom stereocenters. The Bertz CT molecular complexity index is 306. The summed E-state index contributed by atoms with van der Waals surface area (Å²) in [4.78, 5) is 24.1. The van der Waals surface area contributed by atoms with Crippen LogP contribution in [0.5, 0.6) is 0 Å². The van der Waals surface area contributed by atoms with E-state index in [1.54, 1.807) is 0 Å². The third-order valence-corrected chi connectivity index (χ3v) is 1.32.